The maximum absolute atomic E-state index is 5.78. The van der Waals surface area contributed by atoms with Gasteiger partial charge in [-0.2, -0.15) is 0 Å². The van der Waals surface area contributed by atoms with Crippen LogP contribution in [0, 0.1) is 0 Å². The van der Waals surface area contributed by atoms with Crippen molar-refractivity contribution in [2.24, 2.45) is 0 Å². The van der Waals surface area contributed by atoms with Crippen molar-refractivity contribution < 1.29 is 4.74 Å². The first kappa shape index (κ1) is 9.19. The molecule has 0 atom stereocenters. The lowest BCUT2D eigenvalue weighted by Gasteiger charge is -2.39. The Morgan fingerprint density at radius 1 is 1.62 bits per heavy atom. The van der Waals surface area contributed by atoms with E-state index in [1.165, 1.54) is 4.88 Å². The van der Waals surface area contributed by atoms with Crippen LogP contribution in [0.3, 0.4) is 0 Å². The Balaban J connectivity index is 1.69. The minimum absolute atomic E-state index is 0.108. The van der Waals surface area contributed by atoms with E-state index in [1.54, 1.807) is 11.3 Å². The van der Waals surface area contributed by atoms with Crippen LogP contribution in [0.5, 0.6) is 0 Å². The highest BCUT2D eigenvalue weighted by atomic mass is 32.1. The van der Waals surface area contributed by atoms with Gasteiger partial charge in [0.05, 0.1) is 12.2 Å². The lowest BCUT2D eigenvalue weighted by Crippen LogP contribution is -2.59. The highest BCUT2D eigenvalue weighted by Gasteiger charge is 2.31. The molecule has 72 valence electrons. The van der Waals surface area contributed by atoms with Crippen LogP contribution < -0.4 is 5.32 Å². The van der Waals surface area contributed by atoms with Crippen LogP contribution in [-0.4, -0.2) is 25.3 Å². The molecular weight excluding hydrogens is 182 g/mol. The van der Waals surface area contributed by atoms with Crippen molar-refractivity contribution in [2.75, 3.05) is 19.7 Å². The molecule has 13 heavy (non-hydrogen) atoms. The fourth-order valence-corrected chi connectivity index (χ4v) is 2.12. The van der Waals surface area contributed by atoms with Gasteiger partial charge in [-0.25, -0.2) is 0 Å². The van der Waals surface area contributed by atoms with Crippen LogP contribution in [0.1, 0.15) is 11.8 Å². The van der Waals surface area contributed by atoms with Crippen molar-refractivity contribution in [2.45, 2.75) is 18.9 Å². The molecule has 1 aromatic heterocycles. The largest absolute Gasteiger partial charge is 0.372 e. The fourth-order valence-electron chi connectivity index (χ4n) is 1.43. The lowest BCUT2D eigenvalue weighted by molar-refractivity contribution is -0.0650. The van der Waals surface area contributed by atoms with Gasteiger partial charge < -0.3 is 10.1 Å². The average molecular weight is 197 g/mol. The Hall–Kier alpha value is -0.380. The Morgan fingerprint density at radius 2 is 2.46 bits per heavy atom. The standard InChI is InChI=1S/C10H15NOS/c1-10(7-11-8-10)12-5-4-9-3-2-6-13-9/h2-3,6,11H,4-5,7-8H2,1H3. The summed E-state index contributed by atoms with van der Waals surface area (Å²) >= 11 is 1.80. The van der Waals surface area contributed by atoms with Crippen molar-refractivity contribution in [3.63, 3.8) is 0 Å². The van der Waals surface area contributed by atoms with Gasteiger partial charge in [0, 0.05) is 24.4 Å². The zero-order chi connectivity index (χ0) is 9.15. The summed E-state index contributed by atoms with van der Waals surface area (Å²) in [7, 11) is 0. The normalized spacial score (nSPS) is 19.8. The van der Waals surface area contributed by atoms with E-state index >= 15 is 0 Å². The Labute approximate surface area is 82.9 Å². The van der Waals surface area contributed by atoms with Crippen molar-refractivity contribution in [3.8, 4) is 0 Å². The van der Waals surface area contributed by atoms with E-state index in [1.807, 2.05) is 0 Å². The molecule has 1 aliphatic heterocycles. The van der Waals surface area contributed by atoms with Crippen LogP contribution in [0.4, 0.5) is 0 Å². The van der Waals surface area contributed by atoms with Gasteiger partial charge in [0.1, 0.15) is 0 Å². The van der Waals surface area contributed by atoms with Crippen molar-refractivity contribution in [1.29, 1.82) is 0 Å². The Morgan fingerprint density at radius 3 is 3.00 bits per heavy atom. The maximum Gasteiger partial charge on any atom is 0.0901 e. The Bertz CT molecular complexity index is 254. The van der Waals surface area contributed by atoms with Gasteiger partial charge in [0.25, 0.3) is 0 Å². The maximum atomic E-state index is 5.78. The van der Waals surface area contributed by atoms with Gasteiger partial charge in [0.15, 0.2) is 0 Å². The van der Waals surface area contributed by atoms with Gasteiger partial charge in [0.2, 0.25) is 0 Å². The summed E-state index contributed by atoms with van der Waals surface area (Å²) in [4.78, 5) is 1.41. The van der Waals surface area contributed by atoms with Crippen molar-refractivity contribution >= 4 is 11.3 Å². The van der Waals surface area contributed by atoms with Gasteiger partial charge in [-0.1, -0.05) is 6.07 Å². The molecule has 2 rings (SSSR count). The topological polar surface area (TPSA) is 21.3 Å². The second kappa shape index (κ2) is 3.78. The first-order chi connectivity index (χ1) is 6.29. The lowest BCUT2D eigenvalue weighted by atomic mass is 10.0. The quantitative estimate of drug-likeness (QED) is 0.792. The van der Waals surface area contributed by atoms with Gasteiger partial charge in [-0.3, -0.25) is 0 Å². The van der Waals surface area contributed by atoms with E-state index in [2.05, 4.69) is 29.8 Å². The molecule has 2 nitrogen and oxygen atoms in total. The summed E-state index contributed by atoms with van der Waals surface area (Å²) in [6.07, 6.45) is 1.05. The first-order valence-corrected chi connectivity index (χ1v) is 5.54. The third kappa shape index (κ3) is 2.30. The number of hydrogen-bond acceptors (Lipinski definition) is 3. The molecule has 0 amide bonds. The fraction of sp³-hybridized carbons (Fsp3) is 0.600. The second-order valence-electron chi connectivity index (χ2n) is 3.73. The molecule has 1 aliphatic rings. The van der Waals surface area contributed by atoms with Gasteiger partial charge in [-0.15, -0.1) is 11.3 Å². The highest BCUT2D eigenvalue weighted by molar-refractivity contribution is 7.09. The van der Waals surface area contributed by atoms with E-state index < -0.39 is 0 Å². The molecule has 1 N–H and O–H groups in total. The first-order valence-electron chi connectivity index (χ1n) is 4.66. The zero-order valence-electron chi connectivity index (χ0n) is 7.88. The molecule has 1 saturated heterocycles. The predicted molar refractivity (Wildman–Crippen MR) is 55.2 cm³/mol. The van der Waals surface area contributed by atoms with Gasteiger partial charge >= 0.3 is 0 Å². The number of thiophene rings is 1. The van der Waals surface area contributed by atoms with E-state index in [0.717, 1.165) is 26.1 Å². The van der Waals surface area contributed by atoms with E-state index in [9.17, 15) is 0 Å². The van der Waals surface area contributed by atoms with Crippen molar-refractivity contribution in [3.05, 3.63) is 22.4 Å². The van der Waals surface area contributed by atoms with E-state index in [-0.39, 0.29) is 5.60 Å². The van der Waals surface area contributed by atoms with Crippen LogP contribution >= 0.6 is 11.3 Å². The predicted octanol–water partition coefficient (Wildman–Crippen LogP) is 1.67. The highest BCUT2D eigenvalue weighted by Crippen LogP contribution is 2.16. The van der Waals surface area contributed by atoms with Crippen LogP contribution in [0.25, 0.3) is 0 Å². The molecule has 0 saturated carbocycles. The smallest absolute Gasteiger partial charge is 0.0901 e. The number of ether oxygens (including phenoxy) is 1. The van der Waals surface area contributed by atoms with Crippen LogP contribution in [0.2, 0.25) is 0 Å². The molecule has 0 aromatic carbocycles. The number of rotatable bonds is 4. The Kier molecular flexibility index (Phi) is 2.67. The minimum Gasteiger partial charge on any atom is -0.372 e. The van der Waals surface area contributed by atoms with Crippen molar-refractivity contribution in [1.82, 2.24) is 5.32 Å². The third-order valence-electron chi connectivity index (χ3n) is 2.38. The van der Waals surface area contributed by atoms with Crippen LogP contribution in [-0.2, 0) is 11.2 Å². The van der Waals surface area contributed by atoms with Gasteiger partial charge in [-0.05, 0) is 18.4 Å². The second-order valence-corrected chi connectivity index (χ2v) is 4.76. The summed E-state index contributed by atoms with van der Waals surface area (Å²) in [6.45, 7) is 5.01. The molecule has 1 aromatic rings. The zero-order valence-corrected chi connectivity index (χ0v) is 8.69. The molecule has 0 bridgehead atoms. The summed E-state index contributed by atoms with van der Waals surface area (Å²) in [5.41, 5.74) is 0.108. The number of nitrogens with one attached hydrogen (secondary N) is 1. The molecule has 0 spiro atoms. The van der Waals surface area contributed by atoms with Crippen LogP contribution in [0.15, 0.2) is 17.5 Å². The SMILES string of the molecule is CC1(OCCc2cccs2)CNC1. The molecule has 1 fully saturated rings. The minimum atomic E-state index is 0.108. The third-order valence-corrected chi connectivity index (χ3v) is 3.31. The average Bonchev–Trinajstić information content (AvgIpc) is 2.54. The molecule has 2 heterocycles. The summed E-state index contributed by atoms with van der Waals surface area (Å²) in [5, 5.41) is 5.34. The molecular formula is C10H15NOS. The summed E-state index contributed by atoms with van der Waals surface area (Å²) < 4.78 is 5.78. The number of hydrogen-bond donors (Lipinski definition) is 1. The molecule has 3 heteroatoms. The summed E-state index contributed by atoms with van der Waals surface area (Å²) in [6, 6.07) is 4.25. The molecule has 0 unspecified atom stereocenters. The molecule has 0 radical (unpaired) electrons. The summed E-state index contributed by atoms with van der Waals surface area (Å²) in [5.74, 6) is 0. The molecule has 0 aliphatic carbocycles. The monoisotopic (exact) mass is 197 g/mol. The van der Waals surface area contributed by atoms with E-state index in [0.29, 0.717) is 0 Å². The van der Waals surface area contributed by atoms with E-state index in [4.69, 9.17) is 4.74 Å².